The van der Waals surface area contributed by atoms with Gasteiger partial charge in [0, 0.05) is 19.6 Å². The van der Waals surface area contributed by atoms with Crippen LogP contribution >= 0.6 is 11.8 Å². The molecule has 0 aromatic heterocycles. The van der Waals surface area contributed by atoms with Crippen LogP contribution in [0.15, 0.2) is 30.3 Å². The van der Waals surface area contributed by atoms with Crippen LogP contribution in [0, 0.1) is 0 Å². The van der Waals surface area contributed by atoms with E-state index in [1.807, 2.05) is 24.5 Å². The fourth-order valence-corrected chi connectivity index (χ4v) is 3.29. The third-order valence-corrected chi connectivity index (χ3v) is 4.79. The van der Waals surface area contributed by atoms with Crippen molar-refractivity contribution in [2.75, 3.05) is 26.5 Å². The van der Waals surface area contributed by atoms with Gasteiger partial charge in [-0.05, 0) is 18.2 Å². The van der Waals surface area contributed by atoms with E-state index in [4.69, 9.17) is 4.74 Å². The Hall–Kier alpha value is -1.00. The van der Waals surface area contributed by atoms with E-state index in [0.29, 0.717) is 0 Å². The lowest BCUT2D eigenvalue weighted by Gasteiger charge is -2.24. The first-order valence-electron chi connectivity index (χ1n) is 6.10. The van der Waals surface area contributed by atoms with Gasteiger partial charge in [-0.25, -0.2) is 0 Å². The molecule has 98 valence electrons. The predicted molar refractivity (Wildman–Crippen MR) is 74.6 cm³/mol. The van der Waals surface area contributed by atoms with Crippen molar-refractivity contribution in [2.24, 2.45) is 0 Å². The average molecular weight is 265 g/mol. The number of thioether (sulfide) groups is 1. The summed E-state index contributed by atoms with van der Waals surface area (Å²) in [6.45, 7) is 2.63. The molecule has 0 N–H and O–H groups in total. The van der Waals surface area contributed by atoms with Gasteiger partial charge in [0.2, 0.25) is 0 Å². The standard InChI is InChI=1S/C14H19NO2S/c1-17-13(16)14(18-2)8-9-15(11-14)10-12-6-4-3-5-7-12/h3-7H,8-11H2,1-2H3. The van der Waals surface area contributed by atoms with Gasteiger partial charge >= 0.3 is 5.97 Å². The van der Waals surface area contributed by atoms with Crippen molar-refractivity contribution in [2.45, 2.75) is 17.7 Å². The summed E-state index contributed by atoms with van der Waals surface area (Å²) in [7, 11) is 1.47. The van der Waals surface area contributed by atoms with Crippen LogP contribution in [0.25, 0.3) is 0 Å². The second kappa shape index (κ2) is 5.76. The minimum Gasteiger partial charge on any atom is -0.468 e. The maximum absolute atomic E-state index is 11.9. The molecule has 1 heterocycles. The van der Waals surface area contributed by atoms with Gasteiger partial charge in [0.25, 0.3) is 0 Å². The summed E-state index contributed by atoms with van der Waals surface area (Å²) < 4.78 is 4.57. The zero-order chi connectivity index (χ0) is 13.0. The summed E-state index contributed by atoms with van der Waals surface area (Å²) in [6.07, 6.45) is 2.86. The second-order valence-electron chi connectivity index (χ2n) is 4.64. The van der Waals surface area contributed by atoms with E-state index in [-0.39, 0.29) is 10.7 Å². The van der Waals surface area contributed by atoms with E-state index in [1.165, 1.54) is 12.7 Å². The lowest BCUT2D eigenvalue weighted by atomic mass is 10.1. The zero-order valence-electron chi connectivity index (χ0n) is 10.9. The molecule has 0 amide bonds. The third kappa shape index (κ3) is 2.70. The van der Waals surface area contributed by atoms with E-state index in [1.54, 1.807) is 11.8 Å². The Balaban J connectivity index is 2.01. The quantitative estimate of drug-likeness (QED) is 0.780. The van der Waals surface area contributed by atoms with Crippen LogP contribution in [-0.4, -0.2) is 42.1 Å². The van der Waals surface area contributed by atoms with Crippen molar-refractivity contribution in [3.05, 3.63) is 35.9 Å². The molecule has 0 aliphatic carbocycles. The Kier molecular flexibility index (Phi) is 4.30. The van der Waals surface area contributed by atoms with Crippen molar-refractivity contribution in [1.29, 1.82) is 0 Å². The SMILES string of the molecule is COC(=O)C1(SC)CCN(Cc2ccccc2)C1. The fraction of sp³-hybridized carbons (Fsp3) is 0.500. The molecular formula is C14H19NO2S. The van der Waals surface area contributed by atoms with Crippen LogP contribution in [0.4, 0.5) is 0 Å². The minimum absolute atomic E-state index is 0.0921. The van der Waals surface area contributed by atoms with Crippen molar-refractivity contribution < 1.29 is 9.53 Å². The lowest BCUT2D eigenvalue weighted by Crippen LogP contribution is -2.39. The molecule has 1 aromatic rings. The van der Waals surface area contributed by atoms with Gasteiger partial charge < -0.3 is 4.74 Å². The number of rotatable bonds is 4. The normalized spacial score (nSPS) is 24.1. The monoisotopic (exact) mass is 265 g/mol. The smallest absolute Gasteiger partial charge is 0.323 e. The highest BCUT2D eigenvalue weighted by Gasteiger charge is 2.44. The van der Waals surface area contributed by atoms with Crippen LogP contribution < -0.4 is 0 Å². The van der Waals surface area contributed by atoms with E-state index in [2.05, 4.69) is 17.0 Å². The maximum atomic E-state index is 11.9. The number of ether oxygens (including phenoxy) is 1. The molecule has 4 heteroatoms. The van der Waals surface area contributed by atoms with E-state index < -0.39 is 0 Å². The van der Waals surface area contributed by atoms with Crippen LogP contribution in [0.3, 0.4) is 0 Å². The largest absolute Gasteiger partial charge is 0.468 e. The molecule has 3 nitrogen and oxygen atoms in total. The Morgan fingerprint density at radius 3 is 2.78 bits per heavy atom. The number of nitrogens with zero attached hydrogens (tertiary/aromatic N) is 1. The van der Waals surface area contributed by atoms with Crippen molar-refractivity contribution in [3.63, 3.8) is 0 Å². The van der Waals surface area contributed by atoms with E-state index in [9.17, 15) is 4.79 Å². The van der Waals surface area contributed by atoms with Gasteiger partial charge in [0.15, 0.2) is 0 Å². The molecule has 1 aliphatic heterocycles. The minimum atomic E-state index is -0.371. The second-order valence-corrected chi connectivity index (χ2v) is 5.83. The highest BCUT2D eigenvalue weighted by Crippen LogP contribution is 2.35. The molecule has 1 unspecified atom stereocenters. The fourth-order valence-electron chi connectivity index (χ4n) is 2.44. The first-order valence-corrected chi connectivity index (χ1v) is 7.32. The first-order chi connectivity index (χ1) is 8.70. The van der Waals surface area contributed by atoms with Crippen molar-refractivity contribution >= 4 is 17.7 Å². The Labute approximate surface area is 113 Å². The summed E-state index contributed by atoms with van der Waals surface area (Å²) in [5.74, 6) is -0.0921. The van der Waals surface area contributed by atoms with Crippen molar-refractivity contribution in [1.82, 2.24) is 4.90 Å². The Morgan fingerprint density at radius 2 is 2.17 bits per heavy atom. The highest BCUT2D eigenvalue weighted by molar-refractivity contribution is 8.00. The summed E-state index contributed by atoms with van der Waals surface area (Å²) in [5, 5.41) is 0. The lowest BCUT2D eigenvalue weighted by molar-refractivity contribution is -0.143. The van der Waals surface area contributed by atoms with Crippen LogP contribution in [0.5, 0.6) is 0 Å². The number of hydrogen-bond donors (Lipinski definition) is 0. The average Bonchev–Trinajstić information content (AvgIpc) is 2.83. The van der Waals surface area contributed by atoms with Gasteiger partial charge in [-0.3, -0.25) is 9.69 Å². The molecule has 18 heavy (non-hydrogen) atoms. The first kappa shape index (κ1) is 13.4. The number of hydrogen-bond acceptors (Lipinski definition) is 4. The van der Waals surface area contributed by atoms with Gasteiger partial charge in [-0.15, -0.1) is 11.8 Å². The van der Waals surface area contributed by atoms with E-state index >= 15 is 0 Å². The highest BCUT2D eigenvalue weighted by atomic mass is 32.2. The molecule has 2 rings (SSSR count). The molecule has 1 aromatic carbocycles. The Bertz CT molecular complexity index is 410. The van der Waals surface area contributed by atoms with Gasteiger partial charge in [0.1, 0.15) is 4.75 Å². The van der Waals surface area contributed by atoms with E-state index in [0.717, 1.165) is 26.1 Å². The Morgan fingerprint density at radius 1 is 1.44 bits per heavy atom. The third-order valence-electron chi connectivity index (χ3n) is 3.51. The van der Waals surface area contributed by atoms with Gasteiger partial charge in [-0.2, -0.15) is 0 Å². The van der Waals surface area contributed by atoms with Crippen LogP contribution in [0.2, 0.25) is 0 Å². The zero-order valence-corrected chi connectivity index (χ0v) is 11.7. The van der Waals surface area contributed by atoms with Crippen LogP contribution in [0.1, 0.15) is 12.0 Å². The number of esters is 1. The van der Waals surface area contributed by atoms with Crippen LogP contribution in [-0.2, 0) is 16.1 Å². The topological polar surface area (TPSA) is 29.5 Å². The summed E-state index contributed by atoms with van der Waals surface area (Å²) in [5.41, 5.74) is 1.29. The molecule has 1 saturated heterocycles. The maximum Gasteiger partial charge on any atom is 0.323 e. The summed E-state index contributed by atoms with van der Waals surface area (Å²) in [6, 6.07) is 10.4. The van der Waals surface area contributed by atoms with Crippen molar-refractivity contribution in [3.8, 4) is 0 Å². The number of benzene rings is 1. The molecule has 1 aliphatic rings. The summed E-state index contributed by atoms with van der Waals surface area (Å²) >= 11 is 1.61. The molecule has 0 bridgehead atoms. The number of methoxy groups -OCH3 is 1. The molecule has 1 atom stereocenters. The molecular weight excluding hydrogens is 246 g/mol. The predicted octanol–water partition coefficient (Wildman–Crippen LogP) is 2.17. The number of carbonyl (C=O) groups is 1. The van der Waals surface area contributed by atoms with Gasteiger partial charge in [-0.1, -0.05) is 30.3 Å². The number of carbonyl (C=O) groups excluding carboxylic acids is 1. The molecule has 0 spiro atoms. The molecule has 0 saturated carbocycles. The van der Waals surface area contributed by atoms with Gasteiger partial charge in [0.05, 0.1) is 7.11 Å². The summed E-state index contributed by atoms with van der Waals surface area (Å²) in [4.78, 5) is 14.2. The number of likely N-dealkylation sites (tertiary alicyclic amines) is 1. The molecule has 0 radical (unpaired) electrons. The molecule has 1 fully saturated rings.